The maximum absolute atomic E-state index is 15.2. The van der Waals surface area contributed by atoms with Gasteiger partial charge in [0.25, 0.3) is 11.8 Å². The fraction of sp³-hybridized carbons (Fsp3) is 0.351. The molecule has 1 aromatic heterocycles. The van der Waals surface area contributed by atoms with Crippen molar-refractivity contribution in [2.75, 3.05) is 25.2 Å². The Morgan fingerprint density at radius 3 is 2.33 bits per heavy atom. The fourth-order valence-corrected chi connectivity index (χ4v) is 8.91. The minimum atomic E-state index is -4.77. The molecule has 0 radical (unpaired) electrons. The Morgan fingerprint density at radius 2 is 1.70 bits per heavy atom. The van der Waals surface area contributed by atoms with Crippen molar-refractivity contribution in [3.05, 3.63) is 99.2 Å². The van der Waals surface area contributed by atoms with Gasteiger partial charge in [-0.2, -0.15) is 18.2 Å². The standard InChI is InChI=1S/C37H31Cl2F3N4O8/c38-21-5-3-19(4-6-21)36-26(33(51)46(35(36)53)44-31-27(39)15-20(17-43-31)37(40,41)42)16-25-23(30(36)18-1-7-22(8-2-18)54-14-13-47)9-10-24-29(25)34(52)45(32(24)50)12-11-28(48)49/h1-9,15,17,24-26,29-30,47H,10-14,16H2,(H,43,44)(H,48,49). The van der Waals surface area contributed by atoms with Gasteiger partial charge in [-0.15, -0.1) is 0 Å². The monoisotopic (exact) mass is 786 g/mol. The van der Waals surface area contributed by atoms with E-state index in [2.05, 4.69) is 10.4 Å². The van der Waals surface area contributed by atoms with Crippen LogP contribution in [0.15, 0.2) is 72.4 Å². The molecule has 17 heteroatoms. The van der Waals surface area contributed by atoms with Gasteiger partial charge >= 0.3 is 12.1 Å². The number of nitrogens with one attached hydrogen (secondary N) is 1. The summed E-state index contributed by atoms with van der Waals surface area (Å²) in [4.78, 5) is 73.6. The molecule has 2 saturated heterocycles. The quantitative estimate of drug-likeness (QED) is 0.183. The predicted molar refractivity (Wildman–Crippen MR) is 185 cm³/mol. The minimum absolute atomic E-state index is 0.0124. The number of hydrogen-bond donors (Lipinski definition) is 3. The first-order chi connectivity index (χ1) is 25.7. The maximum Gasteiger partial charge on any atom is 0.417 e. The van der Waals surface area contributed by atoms with Gasteiger partial charge in [-0.25, -0.2) is 4.98 Å². The first-order valence-electron chi connectivity index (χ1n) is 16.9. The van der Waals surface area contributed by atoms with Crippen molar-refractivity contribution in [2.24, 2.45) is 23.7 Å². The van der Waals surface area contributed by atoms with Gasteiger partial charge < -0.3 is 14.9 Å². The van der Waals surface area contributed by atoms with Crippen molar-refractivity contribution in [1.82, 2.24) is 14.9 Å². The minimum Gasteiger partial charge on any atom is -0.491 e. The number of hydrazine groups is 1. The number of anilines is 1. The van der Waals surface area contributed by atoms with Gasteiger partial charge in [0.1, 0.15) is 12.4 Å². The zero-order valence-corrected chi connectivity index (χ0v) is 29.6. The van der Waals surface area contributed by atoms with E-state index in [0.29, 0.717) is 44.7 Å². The zero-order valence-electron chi connectivity index (χ0n) is 28.1. The first kappa shape index (κ1) is 37.3. The van der Waals surface area contributed by atoms with E-state index in [1.54, 1.807) is 48.5 Å². The Labute approximate surface area is 315 Å². The van der Waals surface area contributed by atoms with E-state index in [4.69, 9.17) is 27.9 Å². The summed E-state index contributed by atoms with van der Waals surface area (Å²) in [5.41, 5.74) is 1.24. The number of amides is 4. The smallest absolute Gasteiger partial charge is 0.417 e. The molecule has 3 heterocycles. The summed E-state index contributed by atoms with van der Waals surface area (Å²) in [5, 5.41) is 19.1. The number of carboxylic acids is 1. The van der Waals surface area contributed by atoms with Crippen molar-refractivity contribution in [3.63, 3.8) is 0 Å². The number of hydrogen-bond acceptors (Lipinski definition) is 9. The molecule has 4 amide bonds. The van der Waals surface area contributed by atoms with E-state index in [0.717, 1.165) is 4.90 Å². The lowest BCUT2D eigenvalue weighted by atomic mass is 9.49. The molecule has 54 heavy (non-hydrogen) atoms. The number of aliphatic carboxylic acids is 1. The molecular formula is C37H31Cl2F3N4O8. The van der Waals surface area contributed by atoms with Gasteiger partial charge in [0.15, 0.2) is 5.82 Å². The van der Waals surface area contributed by atoms with Gasteiger partial charge in [-0.1, -0.05) is 59.1 Å². The number of nitrogens with zero attached hydrogens (tertiary/aromatic N) is 3. The molecule has 1 saturated carbocycles. The van der Waals surface area contributed by atoms with Crippen LogP contribution in [0, 0.1) is 23.7 Å². The molecule has 7 rings (SSSR count). The Bertz CT molecular complexity index is 2080. The highest BCUT2D eigenvalue weighted by Crippen LogP contribution is 2.64. The summed E-state index contributed by atoms with van der Waals surface area (Å²) in [5.74, 6) is -8.51. The van der Waals surface area contributed by atoms with Crippen LogP contribution in [-0.4, -0.2) is 74.5 Å². The molecule has 6 atom stereocenters. The van der Waals surface area contributed by atoms with Crippen molar-refractivity contribution in [3.8, 4) is 5.75 Å². The summed E-state index contributed by atoms with van der Waals surface area (Å²) >= 11 is 12.5. The van der Waals surface area contributed by atoms with Gasteiger partial charge in [0, 0.05) is 23.7 Å². The second-order valence-corrected chi connectivity index (χ2v) is 14.4. The number of aliphatic hydroxyl groups excluding tert-OH is 1. The van der Waals surface area contributed by atoms with Crippen LogP contribution in [0.5, 0.6) is 5.75 Å². The lowest BCUT2D eigenvalue weighted by Crippen LogP contribution is -2.53. The Kier molecular flexibility index (Phi) is 9.69. The highest BCUT2D eigenvalue weighted by Gasteiger charge is 2.70. The number of carbonyl (C=O) groups is 5. The molecule has 6 unspecified atom stereocenters. The average molecular weight is 788 g/mol. The molecule has 282 valence electrons. The fourth-order valence-electron chi connectivity index (χ4n) is 8.57. The normalized spacial score (nSPS) is 26.3. The molecule has 3 aromatic rings. The van der Waals surface area contributed by atoms with E-state index in [1.807, 2.05) is 6.08 Å². The van der Waals surface area contributed by atoms with Crippen LogP contribution in [0.25, 0.3) is 0 Å². The number of likely N-dealkylation sites (tertiary alicyclic amines) is 1. The second kappa shape index (κ2) is 14.0. The van der Waals surface area contributed by atoms with Crippen LogP contribution in [0.1, 0.15) is 41.9 Å². The van der Waals surface area contributed by atoms with Gasteiger partial charge in [0.2, 0.25) is 11.8 Å². The zero-order chi connectivity index (χ0) is 38.7. The molecule has 0 bridgehead atoms. The van der Waals surface area contributed by atoms with Crippen LogP contribution < -0.4 is 10.2 Å². The maximum atomic E-state index is 15.2. The summed E-state index contributed by atoms with van der Waals surface area (Å²) < 4.78 is 45.9. The van der Waals surface area contributed by atoms with E-state index in [-0.39, 0.29) is 38.4 Å². The average Bonchev–Trinajstić information content (AvgIpc) is 3.51. The lowest BCUT2D eigenvalue weighted by Gasteiger charge is -2.50. The number of ether oxygens (including phenoxy) is 1. The van der Waals surface area contributed by atoms with Crippen molar-refractivity contribution >= 4 is 58.6 Å². The highest BCUT2D eigenvalue weighted by atomic mass is 35.5. The van der Waals surface area contributed by atoms with Crippen LogP contribution in [0.3, 0.4) is 0 Å². The number of pyridine rings is 1. The molecular weight excluding hydrogens is 756 g/mol. The highest BCUT2D eigenvalue weighted by molar-refractivity contribution is 6.33. The molecule has 3 N–H and O–H groups in total. The Hall–Kier alpha value is -4.99. The van der Waals surface area contributed by atoms with Gasteiger partial charge in [-0.3, -0.25) is 34.3 Å². The number of rotatable bonds is 10. The third kappa shape index (κ3) is 6.07. The first-order valence-corrected chi connectivity index (χ1v) is 17.7. The van der Waals surface area contributed by atoms with E-state index in [1.165, 1.54) is 0 Å². The number of aliphatic hydroxyl groups is 1. The van der Waals surface area contributed by atoms with Gasteiger partial charge in [-0.05, 0) is 60.2 Å². The Balaban J connectivity index is 1.39. The molecule has 2 aliphatic carbocycles. The van der Waals surface area contributed by atoms with E-state index >= 15 is 4.79 Å². The third-order valence-electron chi connectivity index (χ3n) is 10.8. The van der Waals surface area contributed by atoms with E-state index in [9.17, 15) is 42.6 Å². The topological polar surface area (TPSA) is 166 Å². The second-order valence-electron chi connectivity index (χ2n) is 13.5. The molecule has 2 aliphatic heterocycles. The van der Waals surface area contributed by atoms with E-state index < -0.39 is 87.8 Å². The number of aromatic nitrogens is 1. The largest absolute Gasteiger partial charge is 0.491 e. The molecule has 12 nitrogen and oxygen atoms in total. The number of carbonyl (C=O) groups excluding carboxylic acids is 4. The molecule has 2 aromatic carbocycles. The van der Waals surface area contributed by atoms with Crippen LogP contribution in [0.4, 0.5) is 19.0 Å². The number of imide groups is 2. The predicted octanol–water partition coefficient (Wildman–Crippen LogP) is 5.24. The summed E-state index contributed by atoms with van der Waals surface area (Å²) in [7, 11) is 0. The molecule has 0 spiro atoms. The number of fused-ring (bicyclic) bond motifs is 4. The Morgan fingerprint density at radius 1 is 1.00 bits per heavy atom. The lowest BCUT2D eigenvalue weighted by molar-refractivity contribution is -0.143. The number of alkyl halides is 3. The van der Waals surface area contributed by atoms with Crippen molar-refractivity contribution in [2.45, 2.75) is 36.8 Å². The molecule has 3 fully saturated rings. The summed E-state index contributed by atoms with van der Waals surface area (Å²) in [6.07, 6.45) is -2.87. The number of allylic oxidation sites excluding steroid dienone is 2. The van der Waals surface area contributed by atoms with Crippen LogP contribution in [-0.2, 0) is 35.6 Å². The third-order valence-corrected chi connectivity index (χ3v) is 11.3. The SMILES string of the molecule is O=C(O)CCN1C(=O)C2CC=C3C(CC4C(=O)N(Nc5ncc(C(F)(F)F)cc5Cl)C(=O)C4(c4ccc(Cl)cc4)C3c3ccc(OCCO)cc3)C2C1=O. The van der Waals surface area contributed by atoms with Crippen LogP contribution >= 0.6 is 23.2 Å². The van der Waals surface area contributed by atoms with Crippen molar-refractivity contribution in [1.29, 1.82) is 0 Å². The van der Waals surface area contributed by atoms with Crippen molar-refractivity contribution < 1.29 is 52.1 Å². The van der Waals surface area contributed by atoms with Crippen LogP contribution in [0.2, 0.25) is 10.0 Å². The number of halogens is 5. The molecule has 4 aliphatic rings. The summed E-state index contributed by atoms with van der Waals surface area (Å²) in [6, 6.07) is 13.6. The number of carboxylic acid groups (broad SMARTS) is 1. The number of benzene rings is 2. The summed E-state index contributed by atoms with van der Waals surface area (Å²) in [6.45, 7) is -0.552. The van der Waals surface area contributed by atoms with Gasteiger partial charge in [0.05, 0.1) is 46.8 Å².